The van der Waals surface area contributed by atoms with E-state index in [-0.39, 0.29) is 0 Å². The van der Waals surface area contributed by atoms with Gasteiger partial charge in [0.25, 0.3) is 5.01 Å². The van der Waals surface area contributed by atoms with Crippen LogP contribution in [0.4, 0.5) is 5.69 Å². The molecule has 8 heteroatoms. The van der Waals surface area contributed by atoms with E-state index in [1.54, 1.807) is 0 Å². The van der Waals surface area contributed by atoms with Gasteiger partial charge in [0.1, 0.15) is 11.2 Å². The van der Waals surface area contributed by atoms with E-state index in [9.17, 15) is 0 Å². The predicted octanol–water partition coefficient (Wildman–Crippen LogP) is 8.58. The summed E-state index contributed by atoms with van der Waals surface area (Å²) in [7, 11) is 0. The van der Waals surface area contributed by atoms with Crippen LogP contribution in [0.25, 0.3) is 16.3 Å². The summed E-state index contributed by atoms with van der Waals surface area (Å²) in [6, 6.07) is 9.42. The van der Waals surface area contributed by atoms with Gasteiger partial charge in [0.05, 0.1) is 10.7 Å². The Kier molecular flexibility index (Phi) is 8.79. The number of rotatable bonds is 8. The van der Waals surface area contributed by atoms with Gasteiger partial charge in [-0.3, -0.25) is 0 Å². The Hall–Kier alpha value is -0.640. The zero-order chi connectivity index (χ0) is 23.5. The van der Waals surface area contributed by atoms with Gasteiger partial charge >= 0.3 is 0 Å². The van der Waals surface area contributed by atoms with Crippen molar-refractivity contribution in [1.29, 1.82) is 0 Å². The highest BCUT2D eigenvalue weighted by atomic mass is 32.2. The Bertz CT molecular complexity index is 1230. The lowest BCUT2D eigenvalue weighted by atomic mass is 10.3. The number of fused-ring (bicyclic) bond motifs is 2. The molecule has 0 radical (unpaired) electrons. The first-order valence-corrected chi connectivity index (χ1v) is 17.3. The second kappa shape index (κ2) is 11.4. The first kappa shape index (κ1) is 25.5. The van der Waals surface area contributed by atoms with Crippen LogP contribution in [-0.2, 0) is 6.54 Å². The molecule has 0 saturated carbocycles. The molecule has 33 heavy (non-hydrogen) atoms. The minimum absolute atomic E-state index is 0.971. The number of thiazole rings is 1. The molecule has 4 rings (SSSR count). The number of allylic oxidation sites excluding steroid dienone is 2. The number of nitrogens with zero attached hydrogens (tertiary/aromatic N) is 2. The lowest BCUT2D eigenvalue weighted by Crippen LogP contribution is -2.33. The quantitative estimate of drug-likeness (QED) is 0.204. The standard InChI is InChI=1S/C25H29N2S6/c1-7-26-16-12-20(28-3)22(30-5)14-18(16)32-24(26)10-9-11-25-27(8-2)17-13-21(29-4)23(31-6)15-19(17)33-25/h9-15H,7-8H2,1-6H3/q+1. The Morgan fingerprint density at radius 2 is 1.52 bits per heavy atom. The van der Waals surface area contributed by atoms with Crippen LogP contribution in [0.5, 0.6) is 0 Å². The summed E-state index contributed by atoms with van der Waals surface area (Å²) < 4.78 is 3.79. The highest BCUT2D eigenvalue weighted by Crippen LogP contribution is 2.49. The third-order valence-corrected chi connectivity index (χ3v) is 11.2. The van der Waals surface area contributed by atoms with Crippen molar-refractivity contribution in [3.8, 4) is 0 Å². The van der Waals surface area contributed by atoms with Gasteiger partial charge in [-0.25, -0.2) is 0 Å². The first-order valence-electron chi connectivity index (χ1n) is 10.8. The highest BCUT2D eigenvalue weighted by molar-refractivity contribution is 8.04. The molecule has 0 atom stereocenters. The van der Waals surface area contributed by atoms with Crippen LogP contribution in [0.1, 0.15) is 18.9 Å². The van der Waals surface area contributed by atoms with Crippen LogP contribution in [0, 0.1) is 0 Å². The zero-order valence-corrected chi connectivity index (χ0v) is 24.7. The van der Waals surface area contributed by atoms with E-state index in [0.29, 0.717) is 0 Å². The third kappa shape index (κ3) is 5.02. The van der Waals surface area contributed by atoms with Crippen LogP contribution in [0.2, 0.25) is 0 Å². The van der Waals surface area contributed by atoms with Crippen molar-refractivity contribution in [3.63, 3.8) is 0 Å². The molecule has 0 N–H and O–H groups in total. The monoisotopic (exact) mass is 549 g/mol. The maximum Gasteiger partial charge on any atom is 0.262 e. The van der Waals surface area contributed by atoms with Gasteiger partial charge in [-0.05, 0) is 63.1 Å². The van der Waals surface area contributed by atoms with Crippen molar-refractivity contribution in [2.24, 2.45) is 0 Å². The summed E-state index contributed by atoms with van der Waals surface area (Å²) in [5, 5.41) is 2.60. The molecule has 1 aromatic heterocycles. The van der Waals surface area contributed by atoms with Gasteiger partial charge in [0.15, 0.2) is 0 Å². The summed E-state index contributed by atoms with van der Waals surface area (Å²) in [5.41, 5.74) is 2.67. The van der Waals surface area contributed by atoms with Gasteiger partial charge in [-0.15, -0.1) is 47.0 Å². The van der Waals surface area contributed by atoms with Crippen LogP contribution in [0.3, 0.4) is 0 Å². The van der Waals surface area contributed by atoms with Crippen molar-refractivity contribution in [3.05, 3.63) is 46.5 Å². The second-order valence-corrected chi connectivity index (χ2v) is 12.8. The topological polar surface area (TPSA) is 7.12 Å². The zero-order valence-electron chi connectivity index (χ0n) is 19.8. The van der Waals surface area contributed by atoms with Gasteiger partial charge in [0.2, 0.25) is 5.52 Å². The Morgan fingerprint density at radius 3 is 2.15 bits per heavy atom. The fraction of sp³-hybridized carbons (Fsp3) is 0.320. The molecule has 3 aromatic rings. The summed E-state index contributed by atoms with van der Waals surface area (Å²) in [6.07, 6.45) is 15.4. The largest absolute Gasteiger partial charge is 0.335 e. The van der Waals surface area contributed by atoms with Crippen molar-refractivity contribution in [1.82, 2.24) is 0 Å². The number of benzene rings is 2. The normalized spacial score (nSPS) is 14.8. The number of hydrogen-bond acceptors (Lipinski definition) is 7. The average molecular weight is 550 g/mol. The second-order valence-electron chi connectivity index (χ2n) is 7.24. The molecule has 1 aliphatic heterocycles. The van der Waals surface area contributed by atoms with E-state index in [1.807, 2.05) is 70.1 Å². The van der Waals surface area contributed by atoms with E-state index in [2.05, 4.69) is 90.8 Å². The number of thioether (sulfide) groups is 5. The SMILES string of the molecule is CCN1C(=CC=Cc2sc3cc(SC)c(SC)cc3[n+]2CC)Sc2cc(SC)c(SC)cc21. The predicted molar refractivity (Wildman–Crippen MR) is 157 cm³/mol. The first-order chi connectivity index (χ1) is 16.1. The van der Waals surface area contributed by atoms with Crippen LogP contribution in [0.15, 0.2) is 65.9 Å². The van der Waals surface area contributed by atoms with Crippen LogP contribution < -0.4 is 9.47 Å². The lowest BCUT2D eigenvalue weighted by molar-refractivity contribution is -0.665. The van der Waals surface area contributed by atoms with Gasteiger partial charge in [-0.2, -0.15) is 4.57 Å². The number of anilines is 1. The van der Waals surface area contributed by atoms with E-state index in [4.69, 9.17) is 0 Å². The van der Waals surface area contributed by atoms with Crippen LogP contribution >= 0.6 is 70.1 Å². The fourth-order valence-electron chi connectivity index (χ4n) is 3.97. The van der Waals surface area contributed by atoms with Crippen molar-refractivity contribution >= 4 is 92.1 Å². The van der Waals surface area contributed by atoms with Gasteiger partial charge < -0.3 is 4.90 Å². The van der Waals surface area contributed by atoms with E-state index < -0.39 is 0 Å². The molecule has 2 heterocycles. The molecule has 0 amide bonds. The minimum atomic E-state index is 0.971. The van der Waals surface area contributed by atoms with Crippen molar-refractivity contribution < 1.29 is 4.57 Å². The molecule has 0 spiro atoms. The Morgan fingerprint density at radius 1 is 0.879 bits per heavy atom. The molecule has 0 saturated heterocycles. The van der Waals surface area contributed by atoms with E-state index >= 15 is 0 Å². The smallest absolute Gasteiger partial charge is 0.262 e. The molecule has 2 aromatic carbocycles. The van der Waals surface area contributed by atoms with Crippen LogP contribution in [-0.4, -0.2) is 31.6 Å². The summed E-state index contributed by atoms with van der Waals surface area (Å²) in [6.45, 7) is 6.41. The molecule has 0 fully saturated rings. The Balaban J connectivity index is 1.67. The summed E-state index contributed by atoms with van der Waals surface area (Å²) >= 11 is 11.1. The Labute approximate surface area is 223 Å². The minimum Gasteiger partial charge on any atom is -0.335 e. The van der Waals surface area contributed by atoms with Gasteiger partial charge in [0, 0.05) is 43.2 Å². The fourth-order valence-corrected chi connectivity index (χ4v) is 9.41. The summed E-state index contributed by atoms with van der Waals surface area (Å²) in [4.78, 5) is 9.25. The van der Waals surface area contributed by atoms with Gasteiger partial charge in [-0.1, -0.05) is 29.2 Å². The van der Waals surface area contributed by atoms with Crippen molar-refractivity contribution in [2.45, 2.75) is 44.9 Å². The third-order valence-electron chi connectivity index (χ3n) is 5.58. The molecule has 174 valence electrons. The lowest BCUT2D eigenvalue weighted by Gasteiger charge is -2.18. The molecular weight excluding hydrogens is 521 g/mol. The number of aryl methyl sites for hydroxylation is 1. The maximum atomic E-state index is 2.43. The average Bonchev–Trinajstić information content (AvgIpc) is 3.37. The van der Waals surface area contributed by atoms with E-state index in [0.717, 1.165) is 13.1 Å². The molecule has 0 unspecified atom stereocenters. The molecular formula is C25H29N2S6+. The molecule has 0 aliphatic carbocycles. The van der Waals surface area contributed by atoms with E-state index in [1.165, 1.54) is 50.4 Å². The number of aromatic nitrogens is 1. The molecule has 2 nitrogen and oxygen atoms in total. The summed E-state index contributed by atoms with van der Waals surface area (Å²) in [5.74, 6) is 0. The molecule has 1 aliphatic rings. The maximum absolute atomic E-state index is 2.43. The molecule has 0 bridgehead atoms. The number of hydrogen-bond donors (Lipinski definition) is 0. The highest BCUT2D eigenvalue weighted by Gasteiger charge is 2.25. The van der Waals surface area contributed by atoms with Crippen molar-refractivity contribution in [2.75, 3.05) is 36.5 Å².